The molecule has 1 atom stereocenters. The first-order valence-electron chi connectivity index (χ1n) is 9.76. The molecule has 1 aromatic heterocycles. The molecular formula is C23H22BrN3O5. The number of carboxylic acids is 1. The molecular weight excluding hydrogens is 478 g/mol. The van der Waals surface area contributed by atoms with Crippen molar-refractivity contribution in [1.82, 2.24) is 9.88 Å². The van der Waals surface area contributed by atoms with Crippen molar-refractivity contribution in [3.8, 4) is 5.75 Å². The maximum absolute atomic E-state index is 12.9. The molecule has 2 amide bonds. The highest BCUT2D eigenvalue weighted by atomic mass is 79.9. The highest BCUT2D eigenvalue weighted by Gasteiger charge is 2.20. The summed E-state index contributed by atoms with van der Waals surface area (Å²) in [6.45, 7) is 2.12. The number of aliphatic carboxylic acids is 1. The number of hydrogen-bond acceptors (Lipinski definition) is 4. The number of aryl methyl sites for hydroxylation is 1. The quantitative estimate of drug-likeness (QED) is 0.391. The molecule has 0 aliphatic rings. The number of nitrogens with zero attached hydrogens (tertiary/aromatic N) is 1. The van der Waals surface area contributed by atoms with Gasteiger partial charge in [-0.15, -0.1) is 0 Å². The summed E-state index contributed by atoms with van der Waals surface area (Å²) in [6.07, 6.45) is 1.09. The van der Waals surface area contributed by atoms with E-state index in [9.17, 15) is 24.6 Å². The van der Waals surface area contributed by atoms with Crippen LogP contribution in [-0.2, 0) is 11.3 Å². The molecule has 3 aromatic rings. The summed E-state index contributed by atoms with van der Waals surface area (Å²) >= 11 is 3.43. The Morgan fingerprint density at radius 2 is 1.78 bits per heavy atom. The highest BCUT2D eigenvalue weighted by Crippen LogP contribution is 2.21. The lowest BCUT2D eigenvalue weighted by molar-refractivity contribution is -0.137. The lowest BCUT2D eigenvalue weighted by atomic mass is 10.0. The Balaban J connectivity index is 1.81. The number of aromatic hydroxyl groups is 1. The van der Waals surface area contributed by atoms with E-state index in [1.54, 1.807) is 12.1 Å². The molecule has 0 bridgehead atoms. The van der Waals surface area contributed by atoms with Gasteiger partial charge in [-0.25, -0.2) is 4.79 Å². The molecule has 32 heavy (non-hydrogen) atoms. The van der Waals surface area contributed by atoms with Crippen molar-refractivity contribution >= 4 is 33.6 Å². The molecule has 2 aromatic carbocycles. The molecule has 0 aliphatic heterocycles. The van der Waals surface area contributed by atoms with Crippen molar-refractivity contribution in [3.05, 3.63) is 92.3 Å². The van der Waals surface area contributed by atoms with Crippen LogP contribution >= 0.6 is 15.9 Å². The number of carboxylic acid groups (broad SMARTS) is 1. The molecule has 8 nitrogen and oxygen atoms in total. The van der Waals surface area contributed by atoms with Crippen LogP contribution in [0.1, 0.15) is 29.2 Å². The van der Waals surface area contributed by atoms with Gasteiger partial charge in [0.05, 0.1) is 19.0 Å². The number of nitrogens with one attached hydrogen (secondary N) is 2. The Hall–Kier alpha value is -3.59. The highest BCUT2D eigenvalue weighted by molar-refractivity contribution is 9.10. The van der Waals surface area contributed by atoms with Crippen LogP contribution < -0.4 is 16.2 Å². The minimum Gasteiger partial charge on any atom is -0.505 e. The molecule has 1 heterocycles. The lowest BCUT2D eigenvalue weighted by Gasteiger charge is -2.18. The van der Waals surface area contributed by atoms with E-state index in [-0.39, 0.29) is 18.7 Å². The predicted octanol–water partition coefficient (Wildman–Crippen LogP) is 4.01. The number of anilines is 1. The number of rotatable bonds is 7. The molecule has 0 saturated carbocycles. The summed E-state index contributed by atoms with van der Waals surface area (Å²) in [5, 5.41) is 24.3. The number of amides is 2. The maximum atomic E-state index is 12.9. The van der Waals surface area contributed by atoms with Crippen LogP contribution in [0.3, 0.4) is 0 Å². The van der Waals surface area contributed by atoms with Gasteiger partial charge in [0.15, 0.2) is 5.69 Å². The number of carbonyl (C=O) groups excluding carboxylic acids is 1. The summed E-state index contributed by atoms with van der Waals surface area (Å²) < 4.78 is 2.17. The Bertz CT molecular complexity index is 1190. The average Bonchev–Trinajstić information content (AvgIpc) is 2.74. The monoisotopic (exact) mass is 499 g/mol. The number of carbonyl (C=O) groups is 2. The van der Waals surface area contributed by atoms with Gasteiger partial charge < -0.3 is 25.4 Å². The molecule has 166 valence electrons. The molecule has 0 spiro atoms. The number of pyridine rings is 1. The largest absolute Gasteiger partial charge is 0.505 e. The van der Waals surface area contributed by atoms with Crippen LogP contribution in [-0.4, -0.2) is 26.8 Å². The first-order chi connectivity index (χ1) is 15.2. The third-order valence-electron chi connectivity index (χ3n) is 4.84. The van der Waals surface area contributed by atoms with E-state index >= 15 is 0 Å². The number of halogens is 1. The van der Waals surface area contributed by atoms with E-state index in [4.69, 9.17) is 0 Å². The molecule has 4 N–H and O–H groups in total. The van der Waals surface area contributed by atoms with Gasteiger partial charge in [-0.05, 0) is 30.2 Å². The third-order valence-corrected chi connectivity index (χ3v) is 5.62. The van der Waals surface area contributed by atoms with Gasteiger partial charge in [0.2, 0.25) is 0 Å². The summed E-state index contributed by atoms with van der Waals surface area (Å²) in [4.78, 5) is 36.7. The maximum Gasteiger partial charge on any atom is 0.319 e. The van der Waals surface area contributed by atoms with Crippen molar-refractivity contribution in [3.63, 3.8) is 0 Å². The predicted molar refractivity (Wildman–Crippen MR) is 124 cm³/mol. The fourth-order valence-corrected chi connectivity index (χ4v) is 3.56. The van der Waals surface area contributed by atoms with Gasteiger partial charge in [0, 0.05) is 10.7 Å². The van der Waals surface area contributed by atoms with Crippen molar-refractivity contribution in [2.45, 2.75) is 25.9 Å². The molecule has 9 heteroatoms. The average molecular weight is 500 g/mol. The zero-order chi connectivity index (χ0) is 23.3. The molecule has 0 unspecified atom stereocenters. The smallest absolute Gasteiger partial charge is 0.319 e. The van der Waals surface area contributed by atoms with Crippen LogP contribution in [0.15, 0.2) is 70.1 Å². The third kappa shape index (κ3) is 5.76. The minimum atomic E-state index is -1.09. The zero-order valence-corrected chi connectivity index (χ0v) is 18.8. The van der Waals surface area contributed by atoms with Crippen molar-refractivity contribution in [2.75, 3.05) is 5.32 Å². The second-order valence-electron chi connectivity index (χ2n) is 7.26. The normalized spacial score (nSPS) is 11.6. The van der Waals surface area contributed by atoms with E-state index < -0.39 is 29.4 Å². The van der Waals surface area contributed by atoms with Gasteiger partial charge in [-0.1, -0.05) is 64.0 Å². The Kier molecular flexibility index (Phi) is 7.32. The standard InChI is InChI=1S/C23H22BrN3O5/c1-14-6-8-15(9-7-14)18(12-20(29)30)25-23(32)26-21-19(28)10-11-27(22(21)31)13-16-4-2-3-5-17(16)24/h2-11,18,28H,12-13H2,1H3,(H,29,30)(H2,25,26,32)/t18-/m0/s1. The van der Waals surface area contributed by atoms with Gasteiger partial charge in [0.25, 0.3) is 5.56 Å². The topological polar surface area (TPSA) is 121 Å². The SMILES string of the molecule is Cc1ccc([C@H](CC(=O)O)NC(=O)Nc2c(O)ccn(Cc3ccccc3Br)c2=O)cc1. The summed E-state index contributed by atoms with van der Waals surface area (Å²) in [5.41, 5.74) is 1.55. The van der Waals surface area contributed by atoms with E-state index in [2.05, 4.69) is 26.6 Å². The Morgan fingerprint density at radius 3 is 2.44 bits per heavy atom. The summed E-state index contributed by atoms with van der Waals surface area (Å²) in [5.74, 6) is -1.48. The van der Waals surface area contributed by atoms with E-state index in [0.29, 0.717) is 5.56 Å². The lowest BCUT2D eigenvalue weighted by Crippen LogP contribution is -2.36. The van der Waals surface area contributed by atoms with Gasteiger partial charge in [0.1, 0.15) is 5.75 Å². The molecule has 0 saturated heterocycles. The summed E-state index contributed by atoms with van der Waals surface area (Å²) in [7, 11) is 0. The number of benzene rings is 2. The second kappa shape index (κ2) is 10.1. The van der Waals surface area contributed by atoms with Crippen LogP contribution in [0.5, 0.6) is 5.75 Å². The number of urea groups is 1. The van der Waals surface area contributed by atoms with E-state index in [1.165, 1.54) is 16.8 Å². The molecule has 0 aliphatic carbocycles. The first-order valence-corrected chi connectivity index (χ1v) is 10.6. The molecule has 0 fully saturated rings. The van der Waals surface area contributed by atoms with Crippen LogP contribution in [0.25, 0.3) is 0 Å². The van der Waals surface area contributed by atoms with Crippen molar-refractivity contribution in [2.24, 2.45) is 0 Å². The number of hydrogen-bond donors (Lipinski definition) is 4. The fourth-order valence-electron chi connectivity index (χ4n) is 3.15. The fraction of sp³-hybridized carbons (Fsp3) is 0.174. The molecule has 0 radical (unpaired) electrons. The first kappa shape index (κ1) is 23.1. The molecule has 3 rings (SSSR count). The number of aromatic nitrogens is 1. The van der Waals surface area contributed by atoms with Crippen LogP contribution in [0.2, 0.25) is 0 Å². The minimum absolute atomic E-state index is 0.224. The van der Waals surface area contributed by atoms with E-state index in [1.807, 2.05) is 43.3 Å². The summed E-state index contributed by atoms with van der Waals surface area (Å²) in [6, 6.07) is 14.2. The Labute approximate surface area is 192 Å². The van der Waals surface area contributed by atoms with Gasteiger partial charge in [-0.2, -0.15) is 0 Å². The van der Waals surface area contributed by atoms with Crippen LogP contribution in [0.4, 0.5) is 10.5 Å². The zero-order valence-electron chi connectivity index (χ0n) is 17.2. The van der Waals surface area contributed by atoms with Crippen LogP contribution in [0, 0.1) is 6.92 Å². The van der Waals surface area contributed by atoms with Gasteiger partial charge in [-0.3, -0.25) is 9.59 Å². The van der Waals surface area contributed by atoms with E-state index in [0.717, 1.165) is 15.6 Å². The van der Waals surface area contributed by atoms with Gasteiger partial charge >= 0.3 is 12.0 Å². The van der Waals surface area contributed by atoms with Crippen molar-refractivity contribution < 1.29 is 19.8 Å². The second-order valence-corrected chi connectivity index (χ2v) is 8.11. The van der Waals surface area contributed by atoms with Crippen molar-refractivity contribution in [1.29, 1.82) is 0 Å². The Morgan fingerprint density at radius 1 is 1.09 bits per heavy atom.